The van der Waals surface area contributed by atoms with Gasteiger partial charge in [-0.25, -0.2) is 0 Å². The highest BCUT2D eigenvalue weighted by Crippen LogP contribution is 2.71. The van der Waals surface area contributed by atoms with Crippen molar-refractivity contribution < 1.29 is 10.2 Å². The molecule has 5 aliphatic carbocycles. The summed E-state index contributed by atoms with van der Waals surface area (Å²) >= 11 is 0. The maximum Gasteiger partial charge on any atom is 0.102 e. The molecule has 0 radical (unpaired) electrons. The molecule has 5 nitrogen and oxygen atoms in total. The van der Waals surface area contributed by atoms with E-state index in [0.29, 0.717) is 29.9 Å². The first-order chi connectivity index (χ1) is 15.7. The van der Waals surface area contributed by atoms with E-state index in [1.54, 1.807) is 17.1 Å². The van der Waals surface area contributed by atoms with Gasteiger partial charge in [0.2, 0.25) is 0 Å². The molecule has 0 aliphatic heterocycles. The predicted molar refractivity (Wildman–Crippen MR) is 126 cm³/mol. The summed E-state index contributed by atoms with van der Waals surface area (Å²) in [6.45, 7) is 7.20. The van der Waals surface area contributed by atoms with E-state index in [4.69, 9.17) is 5.26 Å². The van der Waals surface area contributed by atoms with E-state index in [1.807, 2.05) is 6.92 Å². The van der Waals surface area contributed by atoms with E-state index in [2.05, 4.69) is 25.0 Å². The highest BCUT2D eigenvalue weighted by Gasteiger charge is 2.70. The minimum atomic E-state index is -0.823. The van der Waals surface area contributed by atoms with Gasteiger partial charge in [-0.3, -0.25) is 4.68 Å². The molecular weight excluding hydrogens is 410 g/mol. The average Bonchev–Trinajstić information content (AvgIpc) is 3.04. The lowest BCUT2D eigenvalue weighted by atomic mass is 9.49. The summed E-state index contributed by atoms with van der Waals surface area (Å²) in [6, 6.07) is 2.14. The minimum Gasteiger partial charge on any atom is -0.389 e. The first kappa shape index (κ1) is 22.1. The van der Waals surface area contributed by atoms with Gasteiger partial charge in [-0.2, -0.15) is 10.4 Å². The van der Waals surface area contributed by atoms with Gasteiger partial charge < -0.3 is 10.2 Å². The van der Waals surface area contributed by atoms with Crippen LogP contribution >= 0.6 is 0 Å². The Morgan fingerprint density at radius 2 is 1.85 bits per heavy atom. The molecule has 6 rings (SSSR count). The van der Waals surface area contributed by atoms with Gasteiger partial charge in [-0.1, -0.05) is 20.3 Å². The molecule has 1 aromatic rings. The second-order valence-corrected chi connectivity index (χ2v) is 13.0. The Balaban J connectivity index is 1.20. The van der Waals surface area contributed by atoms with Crippen LogP contribution in [0.25, 0.3) is 0 Å². The topological polar surface area (TPSA) is 82.1 Å². The van der Waals surface area contributed by atoms with Crippen LogP contribution in [0.3, 0.4) is 0 Å². The number of hydrogen-bond donors (Lipinski definition) is 2. The molecule has 2 N–H and O–H groups in total. The van der Waals surface area contributed by atoms with E-state index in [0.717, 1.165) is 42.9 Å². The summed E-state index contributed by atoms with van der Waals surface area (Å²) in [6.07, 6.45) is 14.3. The zero-order valence-corrected chi connectivity index (χ0v) is 20.6. The Labute approximate surface area is 198 Å². The van der Waals surface area contributed by atoms with Crippen LogP contribution in [0, 0.1) is 64.1 Å². The molecule has 0 amide bonds. The summed E-state index contributed by atoms with van der Waals surface area (Å²) in [7, 11) is 0. The third kappa shape index (κ3) is 3.05. The predicted octanol–water partition coefficient (Wildman–Crippen LogP) is 4.77. The molecule has 11 atom stereocenters. The normalized spacial score (nSPS) is 49.7. The van der Waals surface area contributed by atoms with E-state index in [1.165, 1.54) is 38.5 Å². The maximum atomic E-state index is 11.7. The molecule has 1 aromatic heterocycles. The maximum absolute atomic E-state index is 11.7. The van der Waals surface area contributed by atoms with E-state index in [-0.39, 0.29) is 16.9 Å². The van der Waals surface area contributed by atoms with Crippen LogP contribution in [-0.2, 0) is 6.54 Å². The van der Waals surface area contributed by atoms with Gasteiger partial charge in [0.15, 0.2) is 0 Å². The number of aromatic nitrogens is 2. The standard InChI is InChI=1S/C28H41N3O2/c1-4-22-25-21-6-5-20-18(19(21)10-12-28(22,25)33)9-11-26(2)23(20)7-8-24(26)27(3,32)16-31-15-17(13-29)14-30-31/h14-15,18-25,32-33H,4-12,16H2,1-3H3/t18-,19-,20-,21-,22?,23+,24+,25?,26+,27?,28+/m1/s1. The van der Waals surface area contributed by atoms with Gasteiger partial charge in [0.05, 0.1) is 29.5 Å². The lowest BCUT2D eigenvalue weighted by molar-refractivity contribution is -0.119. The number of nitriles is 1. The average molecular weight is 452 g/mol. The van der Waals surface area contributed by atoms with Crippen LogP contribution in [-0.4, -0.2) is 31.2 Å². The molecule has 0 bridgehead atoms. The van der Waals surface area contributed by atoms with Crippen LogP contribution in [0.5, 0.6) is 0 Å². The number of nitrogens with zero attached hydrogens (tertiary/aromatic N) is 3. The second kappa shape index (κ2) is 7.31. The summed E-state index contributed by atoms with van der Waals surface area (Å²) < 4.78 is 1.76. The van der Waals surface area contributed by atoms with Gasteiger partial charge in [0.1, 0.15) is 6.07 Å². The SMILES string of the molecule is CCC1C2[C@@H]3CC[C@@H]4[C@H](CC[C@]5(C)[C@@H](C(C)(O)Cn6cc(C#N)cn6)CC[C@@H]45)[C@H]3CC[C@]12O. The molecule has 5 aliphatic rings. The molecular formula is C28H41N3O2. The quantitative estimate of drug-likeness (QED) is 0.691. The third-order valence-corrected chi connectivity index (χ3v) is 11.7. The van der Waals surface area contributed by atoms with E-state index < -0.39 is 5.60 Å². The Hall–Kier alpha value is -1.38. The van der Waals surface area contributed by atoms with Crippen molar-refractivity contribution >= 4 is 0 Å². The molecule has 5 saturated carbocycles. The Morgan fingerprint density at radius 3 is 2.58 bits per heavy atom. The van der Waals surface area contributed by atoms with Crippen LogP contribution < -0.4 is 0 Å². The highest BCUT2D eigenvalue weighted by atomic mass is 16.3. The number of hydrogen-bond acceptors (Lipinski definition) is 4. The molecule has 3 unspecified atom stereocenters. The van der Waals surface area contributed by atoms with Crippen LogP contribution in [0.1, 0.15) is 84.1 Å². The summed E-state index contributed by atoms with van der Waals surface area (Å²) in [5.74, 6) is 5.34. The van der Waals surface area contributed by atoms with Gasteiger partial charge >= 0.3 is 0 Å². The van der Waals surface area contributed by atoms with E-state index in [9.17, 15) is 10.2 Å². The van der Waals surface area contributed by atoms with Crippen LogP contribution in [0.2, 0.25) is 0 Å². The van der Waals surface area contributed by atoms with Crippen molar-refractivity contribution in [1.29, 1.82) is 5.26 Å². The van der Waals surface area contributed by atoms with Gasteiger partial charge in [-0.05, 0) is 111 Å². The molecule has 0 aromatic carbocycles. The van der Waals surface area contributed by atoms with Crippen LogP contribution in [0.4, 0.5) is 0 Å². The van der Waals surface area contributed by atoms with Gasteiger partial charge in [0, 0.05) is 6.20 Å². The molecule has 33 heavy (non-hydrogen) atoms. The van der Waals surface area contributed by atoms with Gasteiger partial charge in [-0.15, -0.1) is 0 Å². The van der Waals surface area contributed by atoms with Crippen molar-refractivity contribution in [2.75, 3.05) is 0 Å². The van der Waals surface area contributed by atoms with Crippen molar-refractivity contribution in [1.82, 2.24) is 9.78 Å². The van der Waals surface area contributed by atoms with E-state index >= 15 is 0 Å². The van der Waals surface area contributed by atoms with Crippen molar-refractivity contribution in [2.24, 2.45) is 52.8 Å². The number of aliphatic hydroxyl groups is 2. The lowest BCUT2D eigenvalue weighted by Gasteiger charge is -2.57. The summed E-state index contributed by atoms with van der Waals surface area (Å²) in [4.78, 5) is 0. The van der Waals surface area contributed by atoms with Crippen molar-refractivity contribution in [3.63, 3.8) is 0 Å². The smallest absolute Gasteiger partial charge is 0.102 e. The third-order valence-electron chi connectivity index (χ3n) is 11.7. The van der Waals surface area contributed by atoms with Crippen molar-refractivity contribution in [2.45, 2.75) is 96.3 Å². The Morgan fingerprint density at radius 1 is 1.12 bits per heavy atom. The monoisotopic (exact) mass is 451 g/mol. The highest BCUT2D eigenvalue weighted by molar-refractivity contribution is 5.22. The fourth-order valence-electron chi connectivity index (χ4n) is 10.6. The van der Waals surface area contributed by atoms with Gasteiger partial charge in [0.25, 0.3) is 0 Å². The lowest BCUT2D eigenvalue weighted by Crippen LogP contribution is -2.53. The number of fused-ring (bicyclic) bond motifs is 7. The minimum absolute atomic E-state index is 0.184. The zero-order valence-electron chi connectivity index (χ0n) is 20.6. The molecule has 0 spiro atoms. The first-order valence-electron chi connectivity index (χ1n) is 13.6. The number of rotatable bonds is 4. The van der Waals surface area contributed by atoms with Crippen LogP contribution in [0.15, 0.2) is 12.4 Å². The Kier molecular flexibility index (Phi) is 4.90. The Bertz CT molecular complexity index is 965. The molecule has 1 heterocycles. The summed E-state index contributed by atoms with van der Waals surface area (Å²) in [5, 5.41) is 36.3. The first-order valence-corrected chi connectivity index (χ1v) is 13.6. The zero-order chi connectivity index (χ0) is 23.2. The largest absolute Gasteiger partial charge is 0.389 e. The second-order valence-electron chi connectivity index (χ2n) is 13.0. The fourth-order valence-corrected chi connectivity index (χ4v) is 10.6. The molecule has 180 valence electrons. The fraction of sp³-hybridized carbons (Fsp3) is 0.857. The molecule has 5 fully saturated rings. The van der Waals surface area contributed by atoms with Crippen molar-refractivity contribution in [3.05, 3.63) is 18.0 Å². The molecule has 0 saturated heterocycles. The summed E-state index contributed by atoms with van der Waals surface area (Å²) in [5.41, 5.74) is -0.403. The molecule has 5 heteroatoms. The van der Waals surface area contributed by atoms with Crippen molar-refractivity contribution in [3.8, 4) is 6.07 Å².